The van der Waals surface area contributed by atoms with Gasteiger partial charge < -0.3 is 15.1 Å². The zero-order valence-electron chi connectivity index (χ0n) is 18.3. The molecule has 2 aromatic rings. The number of piperazine rings is 1. The molecule has 1 N–H and O–H groups in total. The Bertz CT molecular complexity index is 813. The lowest BCUT2D eigenvalue weighted by Crippen LogP contribution is -2.46. The van der Waals surface area contributed by atoms with Crippen LogP contribution in [0, 0.1) is 0 Å². The molecule has 164 valence electrons. The summed E-state index contributed by atoms with van der Waals surface area (Å²) in [5, 5.41) is 8.30. The molecule has 0 saturated carbocycles. The van der Waals surface area contributed by atoms with Crippen LogP contribution in [0.4, 0.5) is 5.69 Å². The van der Waals surface area contributed by atoms with Crippen LogP contribution in [0.3, 0.4) is 0 Å². The highest BCUT2D eigenvalue weighted by atomic mass is 35.5. The number of benzene rings is 1. The van der Waals surface area contributed by atoms with Gasteiger partial charge in [-0.15, -0.1) is 0 Å². The van der Waals surface area contributed by atoms with E-state index in [2.05, 4.69) is 43.1 Å². The topological polar surface area (TPSA) is 64.8 Å². The van der Waals surface area contributed by atoms with Crippen molar-refractivity contribution in [2.45, 2.75) is 19.9 Å². The van der Waals surface area contributed by atoms with Crippen LogP contribution in [0.2, 0.25) is 5.02 Å². The summed E-state index contributed by atoms with van der Waals surface area (Å²) < 4.78 is 1.79. The van der Waals surface area contributed by atoms with Gasteiger partial charge >= 0.3 is 0 Å². The molecule has 1 fully saturated rings. The minimum atomic E-state index is 0.674. The van der Waals surface area contributed by atoms with Crippen molar-refractivity contribution in [2.24, 2.45) is 12.0 Å². The number of rotatable bonds is 8. The van der Waals surface area contributed by atoms with Crippen LogP contribution < -0.4 is 10.2 Å². The Hall–Kier alpha value is -2.32. The summed E-state index contributed by atoms with van der Waals surface area (Å²) in [6.07, 6.45) is 2.63. The highest BCUT2D eigenvalue weighted by Crippen LogP contribution is 2.20. The van der Waals surface area contributed by atoms with Crippen molar-refractivity contribution in [3.05, 3.63) is 41.4 Å². The smallest absolute Gasteiger partial charge is 0.194 e. The van der Waals surface area contributed by atoms with Crippen molar-refractivity contribution < 1.29 is 0 Å². The second-order valence-corrected chi connectivity index (χ2v) is 7.99. The molecular formula is C21H33ClN8. The molecule has 1 aromatic carbocycles. The molecule has 0 aliphatic carbocycles. The van der Waals surface area contributed by atoms with Crippen molar-refractivity contribution in [2.75, 3.05) is 57.8 Å². The van der Waals surface area contributed by atoms with Gasteiger partial charge in [0.1, 0.15) is 12.2 Å². The number of halogens is 1. The molecule has 3 rings (SSSR count). The Morgan fingerprint density at radius 3 is 2.73 bits per heavy atom. The first-order valence-electron chi connectivity index (χ1n) is 10.6. The molecule has 2 heterocycles. The van der Waals surface area contributed by atoms with Crippen LogP contribution in [0.5, 0.6) is 0 Å². The van der Waals surface area contributed by atoms with E-state index in [-0.39, 0.29) is 0 Å². The molecule has 0 radical (unpaired) electrons. The lowest BCUT2D eigenvalue weighted by atomic mass is 10.2. The van der Waals surface area contributed by atoms with Gasteiger partial charge in [0.15, 0.2) is 5.96 Å². The number of guanidine groups is 1. The summed E-state index contributed by atoms with van der Waals surface area (Å²) in [4.78, 5) is 16.1. The number of aliphatic imine (C=N–C) groups is 1. The summed E-state index contributed by atoms with van der Waals surface area (Å²) in [6, 6.07) is 8.13. The predicted octanol–water partition coefficient (Wildman–Crippen LogP) is 2.08. The van der Waals surface area contributed by atoms with Gasteiger partial charge in [-0.05, 0) is 31.5 Å². The SMILES string of the molecule is CCNC(=NCCCN1CCN(c2cccc(Cl)c2)CC1)N(C)Cc1ncnn1C. The third-order valence-electron chi connectivity index (χ3n) is 5.32. The maximum Gasteiger partial charge on any atom is 0.194 e. The Labute approximate surface area is 184 Å². The van der Waals surface area contributed by atoms with Gasteiger partial charge in [0.2, 0.25) is 0 Å². The molecule has 0 unspecified atom stereocenters. The van der Waals surface area contributed by atoms with Gasteiger partial charge in [-0.1, -0.05) is 17.7 Å². The van der Waals surface area contributed by atoms with E-state index in [0.29, 0.717) is 6.54 Å². The molecule has 0 amide bonds. The number of hydrogen-bond acceptors (Lipinski definition) is 5. The van der Waals surface area contributed by atoms with Crippen LogP contribution >= 0.6 is 11.6 Å². The van der Waals surface area contributed by atoms with Crippen LogP contribution in [0.25, 0.3) is 0 Å². The summed E-state index contributed by atoms with van der Waals surface area (Å²) >= 11 is 6.13. The van der Waals surface area contributed by atoms with Crippen LogP contribution in [0.1, 0.15) is 19.2 Å². The summed E-state index contributed by atoms with van der Waals surface area (Å²) in [5.74, 6) is 1.83. The van der Waals surface area contributed by atoms with E-state index in [9.17, 15) is 0 Å². The minimum Gasteiger partial charge on any atom is -0.369 e. The third-order valence-corrected chi connectivity index (χ3v) is 5.55. The van der Waals surface area contributed by atoms with E-state index < -0.39 is 0 Å². The van der Waals surface area contributed by atoms with E-state index in [0.717, 1.165) is 69.0 Å². The Morgan fingerprint density at radius 1 is 1.27 bits per heavy atom. The summed E-state index contributed by atoms with van der Waals surface area (Å²) in [7, 11) is 3.94. The average molecular weight is 433 g/mol. The van der Waals surface area contributed by atoms with Gasteiger partial charge in [0.05, 0.1) is 6.54 Å². The van der Waals surface area contributed by atoms with Gasteiger partial charge in [0.25, 0.3) is 0 Å². The highest BCUT2D eigenvalue weighted by molar-refractivity contribution is 6.30. The second kappa shape index (κ2) is 11.2. The number of hydrogen-bond donors (Lipinski definition) is 1. The normalized spacial score (nSPS) is 15.5. The first-order valence-corrected chi connectivity index (χ1v) is 11.0. The lowest BCUT2D eigenvalue weighted by molar-refractivity contribution is 0.256. The fraction of sp³-hybridized carbons (Fsp3) is 0.571. The maximum absolute atomic E-state index is 6.13. The monoisotopic (exact) mass is 432 g/mol. The van der Waals surface area contributed by atoms with Gasteiger partial charge in [-0.3, -0.25) is 14.6 Å². The molecule has 1 aliphatic rings. The zero-order valence-corrected chi connectivity index (χ0v) is 19.0. The Morgan fingerprint density at radius 2 is 2.07 bits per heavy atom. The Kier molecular flexibility index (Phi) is 8.33. The molecule has 8 nitrogen and oxygen atoms in total. The van der Waals surface area contributed by atoms with Gasteiger partial charge in [-0.25, -0.2) is 4.98 Å². The van der Waals surface area contributed by atoms with E-state index in [1.54, 1.807) is 11.0 Å². The van der Waals surface area contributed by atoms with Crippen molar-refractivity contribution in [3.8, 4) is 0 Å². The van der Waals surface area contributed by atoms with Crippen molar-refractivity contribution in [1.29, 1.82) is 0 Å². The largest absolute Gasteiger partial charge is 0.369 e. The van der Waals surface area contributed by atoms with E-state index in [1.807, 2.05) is 32.3 Å². The highest BCUT2D eigenvalue weighted by Gasteiger charge is 2.17. The van der Waals surface area contributed by atoms with E-state index in [1.165, 1.54) is 5.69 Å². The minimum absolute atomic E-state index is 0.674. The number of aromatic nitrogens is 3. The molecule has 1 aliphatic heterocycles. The van der Waals surface area contributed by atoms with Crippen molar-refractivity contribution in [3.63, 3.8) is 0 Å². The van der Waals surface area contributed by atoms with Gasteiger partial charge in [-0.2, -0.15) is 5.10 Å². The average Bonchev–Trinajstić information content (AvgIpc) is 3.15. The molecule has 0 bridgehead atoms. The standard InChI is InChI=1S/C21H33ClN8/c1-4-23-21(27(2)16-20-25-17-26-28(20)3)24-9-6-10-29-11-13-30(14-12-29)19-8-5-7-18(22)15-19/h5,7-8,15,17H,4,6,9-14,16H2,1-3H3,(H,23,24). The second-order valence-electron chi connectivity index (χ2n) is 7.55. The molecule has 9 heteroatoms. The molecular weight excluding hydrogens is 400 g/mol. The maximum atomic E-state index is 6.13. The predicted molar refractivity (Wildman–Crippen MR) is 123 cm³/mol. The summed E-state index contributed by atoms with van der Waals surface area (Å²) in [5.41, 5.74) is 1.22. The first kappa shape index (κ1) is 22.4. The molecule has 0 atom stereocenters. The molecule has 1 aromatic heterocycles. The number of anilines is 1. The first-order chi connectivity index (χ1) is 14.6. The molecule has 30 heavy (non-hydrogen) atoms. The molecule has 1 saturated heterocycles. The van der Waals surface area contributed by atoms with Crippen molar-refractivity contribution >= 4 is 23.2 Å². The summed E-state index contributed by atoms with van der Waals surface area (Å²) in [6.45, 7) is 9.69. The van der Waals surface area contributed by atoms with E-state index in [4.69, 9.17) is 16.6 Å². The van der Waals surface area contributed by atoms with E-state index >= 15 is 0 Å². The number of nitrogens with one attached hydrogen (secondary N) is 1. The Balaban J connectivity index is 1.42. The zero-order chi connectivity index (χ0) is 21.3. The lowest BCUT2D eigenvalue weighted by Gasteiger charge is -2.36. The van der Waals surface area contributed by atoms with Crippen LogP contribution in [0.15, 0.2) is 35.6 Å². The number of nitrogens with zero attached hydrogens (tertiary/aromatic N) is 7. The quantitative estimate of drug-likeness (QED) is 0.391. The van der Waals surface area contributed by atoms with Crippen LogP contribution in [-0.4, -0.2) is 83.4 Å². The van der Waals surface area contributed by atoms with Crippen molar-refractivity contribution in [1.82, 2.24) is 29.9 Å². The number of aryl methyl sites for hydroxylation is 1. The van der Waals surface area contributed by atoms with Crippen LogP contribution in [-0.2, 0) is 13.6 Å². The third kappa shape index (κ3) is 6.34. The fourth-order valence-corrected chi connectivity index (χ4v) is 3.79. The van der Waals surface area contributed by atoms with Gasteiger partial charge in [0, 0.05) is 70.6 Å². The fourth-order valence-electron chi connectivity index (χ4n) is 3.60. The molecule has 0 spiro atoms.